The van der Waals surface area contributed by atoms with E-state index in [-0.39, 0.29) is 17.3 Å². The number of aliphatic imine (C=N–C) groups is 1. The van der Waals surface area contributed by atoms with Crippen LogP contribution in [-0.4, -0.2) is 94.4 Å². The molecule has 2 N–H and O–H groups in total. The number of hydrogen-bond acceptors (Lipinski definition) is 5. The second-order valence-corrected chi connectivity index (χ2v) is 10.1. The fourth-order valence-corrected chi connectivity index (χ4v) is 5.44. The van der Waals surface area contributed by atoms with Crippen molar-refractivity contribution in [2.75, 3.05) is 59.2 Å². The van der Waals surface area contributed by atoms with Crippen LogP contribution in [0.25, 0.3) is 0 Å². The molecule has 2 saturated heterocycles. The van der Waals surface area contributed by atoms with Gasteiger partial charge in [-0.05, 0) is 53.1 Å². The van der Waals surface area contributed by atoms with Crippen molar-refractivity contribution in [2.24, 2.45) is 4.99 Å². The van der Waals surface area contributed by atoms with E-state index in [9.17, 15) is 8.42 Å². The van der Waals surface area contributed by atoms with Gasteiger partial charge in [-0.25, -0.2) is 12.7 Å². The molecule has 164 valence electrons. The molecular formula is C19H39N5O3S. The van der Waals surface area contributed by atoms with E-state index < -0.39 is 10.0 Å². The number of nitrogens with one attached hydrogen (secondary N) is 2. The van der Waals surface area contributed by atoms with Crippen LogP contribution in [-0.2, 0) is 14.8 Å². The standard InChI is InChI=1S/C19H39N5O3S/c1-5-15-28(25,26)24-11-7-17(8-12-24)22-18(20-6-2)21-16-19(23(3)4)9-13-27-14-10-19/h17H,5-16H2,1-4H3,(H2,20,21,22). The molecule has 2 aliphatic heterocycles. The number of likely N-dealkylation sites (N-methyl/N-ethyl adjacent to an activating group) is 1. The first kappa shape index (κ1) is 23.4. The van der Waals surface area contributed by atoms with Gasteiger partial charge >= 0.3 is 0 Å². The minimum Gasteiger partial charge on any atom is -0.381 e. The van der Waals surface area contributed by atoms with Crippen molar-refractivity contribution >= 4 is 16.0 Å². The molecule has 0 aromatic carbocycles. The lowest BCUT2D eigenvalue weighted by molar-refractivity contribution is -0.00256. The van der Waals surface area contributed by atoms with Gasteiger partial charge in [-0.3, -0.25) is 4.99 Å². The topological polar surface area (TPSA) is 86.3 Å². The normalized spacial score (nSPS) is 22.4. The first-order chi connectivity index (χ1) is 13.3. The third-order valence-electron chi connectivity index (χ3n) is 5.90. The van der Waals surface area contributed by atoms with Crippen molar-refractivity contribution in [3.8, 4) is 0 Å². The predicted octanol–water partition coefficient (Wildman–Crippen LogP) is 0.857. The molecule has 2 fully saturated rings. The van der Waals surface area contributed by atoms with Gasteiger partial charge in [-0.1, -0.05) is 6.92 Å². The highest BCUT2D eigenvalue weighted by atomic mass is 32.2. The molecule has 0 unspecified atom stereocenters. The molecule has 0 bridgehead atoms. The Kier molecular flexibility index (Phi) is 8.98. The summed E-state index contributed by atoms with van der Waals surface area (Å²) in [6.07, 6.45) is 4.24. The van der Waals surface area contributed by atoms with Crippen LogP contribution in [0.15, 0.2) is 4.99 Å². The van der Waals surface area contributed by atoms with Crippen LogP contribution in [0.5, 0.6) is 0 Å². The lowest BCUT2D eigenvalue weighted by Gasteiger charge is -2.42. The van der Waals surface area contributed by atoms with Crippen LogP contribution in [0.1, 0.15) is 46.0 Å². The zero-order chi connectivity index (χ0) is 20.6. The maximum atomic E-state index is 12.2. The van der Waals surface area contributed by atoms with E-state index in [0.29, 0.717) is 19.5 Å². The summed E-state index contributed by atoms with van der Waals surface area (Å²) >= 11 is 0. The van der Waals surface area contributed by atoms with Gasteiger partial charge in [0.2, 0.25) is 10.0 Å². The minimum absolute atomic E-state index is 0.0399. The Labute approximate surface area is 171 Å². The first-order valence-corrected chi connectivity index (χ1v) is 12.2. The van der Waals surface area contributed by atoms with Gasteiger partial charge in [-0.2, -0.15) is 0 Å². The third kappa shape index (κ3) is 6.30. The molecule has 8 nitrogen and oxygen atoms in total. The maximum Gasteiger partial charge on any atom is 0.214 e. The monoisotopic (exact) mass is 417 g/mol. The maximum absolute atomic E-state index is 12.2. The number of piperidine rings is 1. The van der Waals surface area contributed by atoms with Crippen LogP contribution in [0.2, 0.25) is 0 Å². The van der Waals surface area contributed by atoms with Crippen molar-refractivity contribution in [2.45, 2.75) is 57.5 Å². The molecule has 0 atom stereocenters. The smallest absolute Gasteiger partial charge is 0.214 e. The Balaban J connectivity index is 1.95. The first-order valence-electron chi connectivity index (χ1n) is 10.6. The average molecular weight is 418 g/mol. The van der Waals surface area contributed by atoms with Crippen molar-refractivity contribution in [1.29, 1.82) is 0 Å². The molecule has 0 aromatic rings. The van der Waals surface area contributed by atoms with E-state index in [1.54, 1.807) is 4.31 Å². The summed E-state index contributed by atoms with van der Waals surface area (Å²) in [6, 6.07) is 0.246. The van der Waals surface area contributed by atoms with Crippen LogP contribution >= 0.6 is 0 Å². The third-order valence-corrected chi connectivity index (χ3v) is 7.97. The van der Waals surface area contributed by atoms with E-state index in [4.69, 9.17) is 9.73 Å². The van der Waals surface area contributed by atoms with Crippen LogP contribution in [0, 0.1) is 0 Å². The number of sulfonamides is 1. The molecule has 2 aliphatic rings. The van der Waals surface area contributed by atoms with Gasteiger partial charge in [0.1, 0.15) is 0 Å². The summed E-state index contributed by atoms with van der Waals surface area (Å²) in [4.78, 5) is 7.16. The van der Waals surface area contributed by atoms with E-state index >= 15 is 0 Å². The van der Waals surface area contributed by atoms with E-state index in [1.807, 2.05) is 6.92 Å². The fraction of sp³-hybridized carbons (Fsp3) is 0.947. The Morgan fingerprint density at radius 1 is 1.21 bits per heavy atom. The Bertz CT molecular complexity index is 595. The Hall–Kier alpha value is -0.900. The minimum atomic E-state index is -3.10. The van der Waals surface area contributed by atoms with E-state index in [2.05, 4.69) is 36.6 Å². The van der Waals surface area contributed by atoms with Gasteiger partial charge in [0.15, 0.2) is 5.96 Å². The van der Waals surface area contributed by atoms with Crippen LogP contribution < -0.4 is 10.6 Å². The van der Waals surface area contributed by atoms with Gasteiger partial charge in [0, 0.05) is 44.4 Å². The van der Waals surface area contributed by atoms with Crippen LogP contribution in [0.4, 0.5) is 0 Å². The SMILES string of the molecule is CCCS(=O)(=O)N1CCC(NC(=NCC2(N(C)C)CCOCC2)NCC)CC1. The summed E-state index contributed by atoms with van der Waals surface area (Å²) in [5.41, 5.74) is 0.0399. The largest absolute Gasteiger partial charge is 0.381 e. The molecule has 0 aliphatic carbocycles. The lowest BCUT2D eigenvalue weighted by atomic mass is 9.89. The Morgan fingerprint density at radius 2 is 1.86 bits per heavy atom. The molecule has 2 rings (SSSR count). The number of rotatable bonds is 8. The molecular weight excluding hydrogens is 378 g/mol. The molecule has 0 amide bonds. The van der Waals surface area contributed by atoms with Gasteiger partial charge < -0.3 is 20.3 Å². The van der Waals surface area contributed by atoms with Crippen molar-refractivity contribution < 1.29 is 13.2 Å². The molecule has 9 heteroatoms. The van der Waals surface area contributed by atoms with E-state index in [0.717, 1.165) is 57.9 Å². The summed E-state index contributed by atoms with van der Waals surface area (Å²) in [7, 11) is 1.14. The number of ether oxygens (including phenoxy) is 1. The second-order valence-electron chi connectivity index (χ2n) is 8.06. The summed E-state index contributed by atoms with van der Waals surface area (Å²) in [5, 5.41) is 6.87. The number of nitrogens with zero attached hydrogens (tertiary/aromatic N) is 3. The van der Waals surface area contributed by atoms with E-state index in [1.165, 1.54) is 0 Å². The quantitative estimate of drug-likeness (QED) is 0.450. The number of hydrogen-bond donors (Lipinski definition) is 2. The fourth-order valence-electron chi connectivity index (χ4n) is 3.90. The molecule has 0 aromatic heterocycles. The highest BCUT2D eigenvalue weighted by Gasteiger charge is 2.35. The van der Waals surface area contributed by atoms with Gasteiger partial charge in [0.25, 0.3) is 0 Å². The van der Waals surface area contributed by atoms with Gasteiger partial charge in [0.05, 0.1) is 12.3 Å². The van der Waals surface area contributed by atoms with Gasteiger partial charge in [-0.15, -0.1) is 0 Å². The molecule has 2 heterocycles. The van der Waals surface area contributed by atoms with Crippen molar-refractivity contribution in [3.63, 3.8) is 0 Å². The zero-order valence-electron chi connectivity index (χ0n) is 18.0. The van der Waals surface area contributed by atoms with Crippen LogP contribution in [0.3, 0.4) is 0 Å². The average Bonchev–Trinajstić information content (AvgIpc) is 2.67. The highest BCUT2D eigenvalue weighted by Crippen LogP contribution is 2.26. The highest BCUT2D eigenvalue weighted by molar-refractivity contribution is 7.89. The summed E-state index contributed by atoms with van der Waals surface area (Å²) in [6.45, 7) is 8.22. The number of guanidine groups is 1. The lowest BCUT2D eigenvalue weighted by Crippen LogP contribution is -2.53. The molecule has 0 saturated carbocycles. The summed E-state index contributed by atoms with van der Waals surface area (Å²) in [5.74, 6) is 1.07. The summed E-state index contributed by atoms with van der Waals surface area (Å²) < 4.78 is 31.7. The van der Waals surface area contributed by atoms with Crippen molar-refractivity contribution in [3.05, 3.63) is 0 Å². The predicted molar refractivity (Wildman–Crippen MR) is 114 cm³/mol. The molecule has 28 heavy (non-hydrogen) atoms. The molecule has 0 radical (unpaired) electrons. The molecule has 0 spiro atoms. The zero-order valence-corrected chi connectivity index (χ0v) is 18.9. The Morgan fingerprint density at radius 3 is 2.39 bits per heavy atom. The second kappa shape index (κ2) is 10.8. The van der Waals surface area contributed by atoms with Crippen molar-refractivity contribution in [1.82, 2.24) is 19.8 Å².